The Hall–Kier alpha value is -1.32. The maximum Gasteiger partial charge on any atom is 0.226 e. The zero-order chi connectivity index (χ0) is 14.5. The first-order valence-corrected chi connectivity index (χ1v) is 7.02. The van der Waals surface area contributed by atoms with Crippen molar-refractivity contribution in [3.8, 4) is 0 Å². The third-order valence-corrected chi connectivity index (χ3v) is 3.45. The predicted molar refractivity (Wildman–Crippen MR) is 76.6 cm³/mol. The summed E-state index contributed by atoms with van der Waals surface area (Å²) in [7, 11) is 0. The van der Waals surface area contributed by atoms with E-state index in [0.29, 0.717) is 13.0 Å². The summed E-state index contributed by atoms with van der Waals surface area (Å²) in [5.74, 6) is 0.0644. The van der Waals surface area contributed by atoms with Gasteiger partial charge in [-0.2, -0.15) is 0 Å². The highest BCUT2D eigenvalue weighted by Gasteiger charge is 2.29. The van der Waals surface area contributed by atoms with E-state index in [4.69, 9.17) is 0 Å². The molecule has 2 N–H and O–H groups in total. The van der Waals surface area contributed by atoms with E-state index in [-0.39, 0.29) is 17.9 Å². The largest absolute Gasteiger partial charge is 0.356 e. The summed E-state index contributed by atoms with van der Waals surface area (Å²) >= 11 is 0. The number of nitrogens with one attached hydrogen (secondary N) is 2. The zero-order valence-electron chi connectivity index (χ0n) is 12.5. The fourth-order valence-corrected chi connectivity index (χ4v) is 2.03. The summed E-state index contributed by atoms with van der Waals surface area (Å²) in [5, 5.41) is 5.85. The Kier molecular flexibility index (Phi) is 5.58. The summed E-state index contributed by atoms with van der Waals surface area (Å²) in [6, 6.07) is -0.0269. The van der Waals surface area contributed by atoms with Crippen LogP contribution in [0.1, 0.15) is 53.4 Å². The van der Waals surface area contributed by atoms with E-state index in [0.717, 1.165) is 19.3 Å². The SMILES string of the molecule is CC(C)=CCC(C)(C)C(=O)N[C@H]1CCCNC(=O)C1. The van der Waals surface area contributed by atoms with Gasteiger partial charge >= 0.3 is 0 Å². The number of hydrogen-bond donors (Lipinski definition) is 2. The number of carbonyl (C=O) groups is 2. The van der Waals surface area contributed by atoms with Crippen LogP contribution in [0.3, 0.4) is 0 Å². The number of allylic oxidation sites excluding steroid dienone is 2. The van der Waals surface area contributed by atoms with Gasteiger partial charge in [0, 0.05) is 24.4 Å². The third-order valence-electron chi connectivity index (χ3n) is 3.45. The van der Waals surface area contributed by atoms with Gasteiger partial charge in [0.05, 0.1) is 0 Å². The predicted octanol–water partition coefficient (Wildman–Crippen LogP) is 2.15. The molecule has 1 aliphatic rings. The Bertz CT molecular complexity index is 368. The van der Waals surface area contributed by atoms with Gasteiger partial charge in [0.1, 0.15) is 0 Å². The third kappa shape index (κ3) is 5.45. The summed E-state index contributed by atoms with van der Waals surface area (Å²) in [4.78, 5) is 23.8. The number of amides is 2. The van der Waals surface area contributed by atoms with Crippen LogP contribution in [0.4, 0.5) is 0 Å². The van der Waals surface area contributed by atoms with Crippen molar-refractivity contribution in [2.45, 2.75) is 59.4 Å². The maximum atomic E-state index is 12.3. The van der Waals surface area contributed by atoms with Crippen molar-refractivity contribution >= 4 is 11.8 Å². The highest BCUT2D eigenvalue weighted by atomic mass is 16.2. The van der Waals surface area contributed by atoms with Crippen molar-refractivity contribution in [2.75, 3.05) is 6.54 Å². The molecule has 0 unspecified atom stereocenters. The lowest BCUT2D eigenvalue weighted by Crippen LogP contribution is -2.43. The molecule has 4 heteroatoms. The van der Waals surface area contributed by atoms with Gasteiger partial charge in [0.2, 0.25) is 11.8 Å². The van der Waals surface area contributed by atoms with Crippen LogP contribution >= 0.6 is 0 Å². The quantitative estimate of drug-likeness (QED) is 0.766. The molecule has 0 radical (unpaired) electrons. The van der Waals surface area contributed by atoms with E-state index in [1.54, 1.807) is 0 Å². The standard InChI is InChI=1S/C15H26N2O2/c1-11(2)7-8-15(3,4)14(19)17-12-6-5-9-16-13(18)10-12/h7,12H,5-6,8-10H2,1-4H3,(H,16,18)(H,17,19)/t12-/m0/s1. The first-order valence-electron chi connectivity index (χ1n) is 7.02. The van der Waals surface area contributed by atoms with E-state index in [2.05, 4.69) is 16.7 Å². The second-order valence-corrected chi connectivity index (χ2v) is 6.24. The van der Waals surface area contributed by atoms with Gasteiger partial charge in [0.25, 0.3) is 0 Å². The molecule has 0 aromatic carbocycles. The molecule has 0 aliphatic carbocycles. The number of rotatable bonds is 4. The van der Waals surface area contributed by atoms with Gasteiger partial charge in [-0.05, 0) is 33.1 Å². The molecular formula is C15H26N2O2. The van der Waals surface area contributed by atoms with Crippen LogP contribution in [0.25, 0.3) is 0 Å². The molecule has 0 aromatic rings. The van der Waals surface area contributed by atoms with Crippen molar-refractivity contribution in [1.29, 1.82) is 0 Å². The normalized spacial score (nSPS) is 20.2. The van der Waals surface area contributed by atoms with Crippen molar-refractivity contribution in [3.05, 3.63) is 11.6 Å². The van der Waals surface area contributed by atoms with Crippen LogP contribution in [0.2, 0.25) is 0 Å². The smallest absolute Gasteiger partial charge is 0.226 e. The van der Waals surface area contributed by atoms with Crippen LogP contribution in [-0.4, -0.2) is 24.4 Å². The first kappa shape index (κ1) is 15.7. The molecular weight excluding hydrogens is 240 g/mol. The first-order chi connectivity index (χ1) is 8.81. The molecule has 0 bridgehead atoms. The van der Waals surface area contributed by atoms with Gasteiger partial charge in [0.15, 0.2) is 0 Å². The van der Waals surface area contributed by atoms with Gasteiger partial charge in [-0.15, -0.1) is 0 Å². The molecule has 1 saturated heterocycles. The van der Waals surface area contributed by atoms with Crippen LogP contribution in [0.15, 0.2) is 11.6 Å². The van der Waals surface area contributed by atoms with E-state index in [1.807, 2.05) is 27.7 Å². The molecule has 1 atom stereocenters. The lowest BCUT2D eigenvalue weighted by molar-refractivity contribution is -0.130. The minimum Gasteiger partial charge on any atom is -0.356 e. The lowest BCUT2D eigenvalue weighted by atomic mass is 9.87. The molecule has 108 valence electrons. The monoisotopic (exact) mass is 266 g/mol. The second-order valence-electron chi connectivity index (χ2n) is 6.24. The summed E-state index contributed by atoms with van der Waals surface area (Å²) in [5.41, 5.74) is 0.787. The summed E-state index contributed by atoms with van der Waals surface area (Å²) in [6.07, 6.45) is 4.98. The highest BCUT2D eigenvalue weighted by molar-refractivity contribution is 5.83. The Morgan fingerprint density at radius 1 is 1.47 bits per heavy atom. The molecule has 0 aromatic heterocycles. The Morgan fingerprint density at radius 3 is 2.79 bits per heavy atom. The number of carbonyl (C=O) groups excluding carboxylic acids is 2. The topological polar surface area (TPSA) is 58.2 Å². The highest BCUT2D eigenvalue weighted by Crippen LogP contribution is 2.23. The van der Waals surface area contributed by atoms with E-state index >= 15 is 0 Å². The molecule has 1 rings (SSSR count). The minimum absolute atomic E-state index is 0.0269. The van der Waals surface area contributed by atoms with E-state index in [1.165, 1.54) is 5.57 Å². The van der Waals surface area contributed by atoms with Crippen LogP contribution in [-0.2, 0) is 9.59 Å². The van der Waals surface area contributed by atoms with Crippen LogP contribution in [0.5, 0.6) is 0 Å². The average molecular weight is 266 g/mol. The molecule has 1 heterocycles. The Morgan fingerprint density at radius 2 is 2.16 bits per heavy atom. The van der Waals surface area contributed by atoms with Crippen LogP contribution in [0, 0.1) is 5.41 Å². The average Bonchev–Trinajstić information content (AvgIpc) is 2.51. The number of hydrogen-bond acceptors (Lipinski definition) is 2. The van der Waals surface area contributed by atoms with Gasteiger partial charge in [-0.1, -0.05) is 25.5 Å². The van der Waals surface area contributed by atoms with Crippen molar-refractivity contribution in [2.24, 2.45) is 5.41 Å². The summed E-state index contributed by atoms with van der Waals surface area (Å²) < 4.78 is 0. The van der Waals surface area contributed by atoms with Gasteiger partial charge in [-0.3, -0.25) is 9.59 Å². The summed E-state index contributed by atoms with van der Waals surface area (Å²) in [6.45, 7) is 8.66. The van der Waals surface area contributed by atoms with Crippen LogP contribution < -0.4 is 10.6 Å². The Balaban J connectivity index is 2.57. The van der Waals surface area contributed by atoms with E-state index in [9.17, 15) is 9.59 Å². The van der Waals surface area contributed by atoms with Crippen molar-refractivity contribution < 1.29 is 9.59 Å². The van der Waals surface area contributed by atoms with Crippen molar-refractivity contribution in [3.63, 3.8) is 0 Å². The maximum absolute atomic E-state index is 12.3. The van der Waals surface area contributed by atoms with Gasteiger partial charge in [-0.25, -0.2) is 0 Å². The molecule has 1 aliphatic heterocycles. The molecule has 0 spiro atoms. The lowest BCUT2D eigenvalue weighted by Gasteiger charge is -2.25. The molecule has 2 amide bonds. The molecule has 4 nitrogen and oxygen atoms in total. The molecule has 1 fully saturated rings. The molecule has 19 heavy (non-hydrogen) atoms. The van der Waals surface area contributed by atoms with Gasteiger partial charge < -0.3 is 10.6 Å². The van der Waals surface area contributed by atoms with Crippen molar-refractivity contribution in [1.82, 2.24) is 10.6 Å². The second kappa shape index (κ2) is 6.73. The fourth-order valence-electron chi connectivity index (χ4n) is 2.03. The molecule has 0 saturated carbocycles. The fraction of sp³-hybridized carbons (Fsp3) is 0.733. The Labute approximate surface area is 116 Å². The minimum atomic E-state index is -0.431. The van der Waals surface area contributed by atoms with E-state index < -0.39 is 5.41 Å². The zero-order valence-corrected chi connectivity index (χ0v) is 12.5.